The van der Waals surface area contributed by atoms with Crippen LogP contribution >= 0.6 is 11.3 Å². The number of sulfonamides is 1. The first-order valence-corrected chi connectivity index (χ1v) is 14.8. The summed E-state index contributed by atoms with van der Waals surface area (Å²) in [6.07, 6.45) is 2.78. The van der Waals surface area contributed by atoms with Crippen LogP contribution in [0.4, 0.5) is 0 Å². The Labute approximate surface area is 217 Å². The summed E-state index contributed by atoms with van der Waals surface area (Å²) in [7, 11) is -3.78. The molecule has 0 radical (unpaired) electrons. The number of para-hydroxylation sites is 1. The Morgan fingerprint density at radius 3 is 2.56 bits per heavy atom. The van der Waals surface area contributed by atoms with E-state index in [1.54, 1.807) is 35.6 Å². The van der Waals surface area contributed by atoms with Gasteiger partial charge in [-0.15, -0.1) is 11.3 Å². The highest BCUT2D eigenvalue weighted by Gasteiger charge is 2.37. The molecule has 1 fully saturated rings. The van der Waals surface area contributed by atoms with Gasteiger partial charge in [0.25, 0.3) is 0 Å². The largest absolute Gasteiger partial charge is 0.491 e. The van der Waals surface area contributed by atoms with Crippen molar-refractivity contribution in [3.63, 3.8) is 0 Å². The number of hydrogen-bond acceptors (Lipinski definition) is 5. The molecule has 2 heterocycles. The molecule has 1 aliphatic carbocycles. The van der Waals surface area contributed by atoms with E-state index < -0.39 is 10.0 Å². The quantitative estimate of drug-likeness (QED) is 0.396. The zero-order chi connectivity index (χ0) is 25.3. The van der Waals surface area contributed by atoms with Crippen LogP contribution in [0.2, 0.25) is 0 Å². The van der Waals surface area contributed by atoms with Gasteiger partial charge in [-0.2, -0.15) is 4.31 Å². The highest BCUT2D eigenvalue weighted by atomic mass is 32.2. The second-order valence-electron chi connectivity index (χ2n) is 9.78. The molecule has 5 rings (SSSR count). The fourth-order valence-electron chi connectivity index (χ4n) is 4.70. The van der Waals surface area contributed by atoms with E-state index >= 15 is 0 Å². The smallest absolute Gasteiger partial charge is 0.243 e. The van der Waals surface area contributed by atoms with E-state index in [-0.39, 0.29) is 23.4 Å². The summed E-state index contributed by atoms with van der Waals surface area (Å²) < 4.78 is 34.7. The number of ether oxygens (including phenoxy) is 1. The second kappa shape index (κ2) is 10.4. The zero-order valence-electron chi connectivity index (χ0n) is 20.7. The van der Waals surface area contributed by atoms with Gasteiger partial charge >= 0.3 is 0 Å². The Hall–Kier alpha value is -2.68. The molecule has 0 saturated heterocycles. The highest BCUT2D eigenvalue weighted by Crippen LogP contribution is 2.35. The third-order valence-corrected chi connectivity index (χ3v) is 9.86. The van der Waals surface area contributed by atoms with Gasteiger partial charge < -0.3 is 9.64 Å². The van der Waals surface area contributed by atoms with Crippen molar-refractivity contribution in [1.29, 1.82) is 0 Å². The van der Waals surface area contributed by atoms with Crippen LogP contribution in [-0.4, -0.2) is 49.8 Å². The van der Waals surface area contributed by atoms with Gasteiger partial charge in [0.2, 0.25) is 15.9 Å². The Kier molecular flexibility index (Phi) is 7.19. The van der Waals surface area contributed by atoms with Crippen molar-refractivity contribution < 1.29 is 17.9 Å². The fourth-order valence-corrected chi connectivity index (χ4v) is 7.09. The van der Waals surface area contributed by atoms with Crippen LogP contribution in [0, 0.1) is 19.8 Å². The monoisotopic (exact) mass is 524 g/mol. The standard InChI is InChI=1S/C28H32N2O4S2/c1-20-7-11-23(12-8-20)36(32,33)29(17-22-9-10-22)18-28(31)30-15-13-27-24(14-16-35-27)25(30)19-34-26-6-4-3-5-21(26)2/h3-8,11-12,14,16,22,25H,9-10,13,15,17-19H2,1-2H3/t25-/m1/s1. The number of carbonyl (C=O) groups excluding carboxylic acids is 1. The van der Waals surface area contributed by atoms with Crippen molar-refractivity contribution in [2.75, 3.05) is 26.2 Å². The molecule has 1 saturated carbocycles. The minimum atomic E-state index is -3.78. The van der Waals surface area contributed by atoms with Crippen LogP contribution in [0.1, 0.15) is 40.5 Å². The Morgan fingerprint density at radius 1 is 1.08 bits per heavy atom. The molecule has 8 heteroatoms. The normalized spacial score (nSPS) is 17.8. The molecule has 190 valence electrons. The van der Waals surface area contributed by atoms with Gasteiger partial charge in [-0.3, -0.25) is 4.79 Å². The maximum absolute atomic E-state index is 13.7. The van der Waals surface area contributed by atoms with Crippen molar-refractivity contribution in [3.05, 3.63) is 81.5 Å². The van der Waals surface area contributed by atoms with E-state index in [1.165, 1.54) is 9.18 Å². The molecular weight excluding hydrogens is 492 g/mol. The predicted molar refractivity (Wildman–Crippen MR) is 142 cm³/mol. The van der Waals surface area contributed by atoms with Crippen LogP contribution < -0.4 is 4.74 Å². The molecule has 1 aliphatic heterocycles. The summed E-state index contributed by atoms with van der Waals surface area (Å²) in [6.45, 7) is 5.03. The second-order valence-corrected chi connectivity index (χ2v) is 12.7. The lowest BCUT2D eigenvalue weighted by Gasteiger charge is -2.37. The van der Waals surface area contributed by atoms with Crippen molar-refractivity contribution in [3.8, 4) is 5.75 Å². The molecule has 1 aromatic heterocycles. The lowest BCUT2D eigenvalue weighted by Crippen LogP contribution is -2.48. The van der Waals surface area contributed by atoms with Gasteiger partial charge in [-0.25, -0.2) is 8.42 Å². The molecule has 2 aliphatic rings. The van der Waals surface area contributed by atoms with Crippen molar-refractivity contribution in [2.45, 2.75) is 44.0 Å². The molecule has 6 nitrogen and oxygen atoms in total. The lowest BCUT2D eigenvalue weighted by atomic mass is 10.0. The SMILES string of the molecule is Cc1ccc(S(=O)(=O)N(CC(=O)N2CCc3sccc3[C@H]2COc2ccccc2C)CC2CC2)cc1. The summed E-state index contributed by atoms with van der Waals surface area (Å²) in [4.78, 5) is 17.0. The summed E-state index contributed by atoms with van der Waals surface area (Å²) >= 11 is 1.70. The highest BCUT2D eigenvalue weighted by molar-refractivity contribution is 7.89. The third kappa shape index (κ3) is 5.36. The van der Waals surface area contributed by atoms with Gasteiger partial charge in [-0.05, 0) is 79.8 Å². The zero-order valence-corrected chi connectivity index (χ0v) is 22.4. The van der Waals surface area contributed by atoms with Gasteiger partial charge in [0.1, 0.15) is 12.4 Å². The van der Waals surface area contributed by atoms with Gasteiger partial charge in [-0.1, -0.05) is 35.9 Å². The molecule has 3 aromatic rings. The van der Waals surface area contributed by atoms with E-state index in [0.717, 1.165) is 41.7 Å². The first-order chi connectivity index (χ1) is 17.3. The van der Waals surface area contributed by atoms with E-state index in [0.29, 0.717) is 25.6 Å². The molecule has 36 heavy (non-hydrogen) atoms. The Morgan fingerprint density at radius 2 is 1.83 bits per heavy atom. The molecule has 2 aromatic carbocycles. The molecule has 1 amide bonds. The Balaban J connectivity index is 1.38. The van der Waals surface area contributed by atoms with Crippen LogP contribution in [0.3, 0.4) is 0 Å². The predicted octanol–water partition coefficient (Wildman–Crippen LogP) is 4.97. The number of benzene rings is 2. The number of thiophene rings is 1. The van der Waals surface area contributed by atoms with Crippen molar-refractivity contribution in [1.82, 2.24) is 9.21 Å². The first-order valence-electron chi connectivity index (χ1n) is 12.4. The van der Waals surface area contributed by atoms with E-state index in [9.17, 15) is 13.2 Å². The summed E-state index contributed by atoms with van der Waals surface area (Å²) in [6, 6.07) is 16.5. The summed E-state index contributed by atoms with van der Waals surface area (Å²) in [5.74, 6) is 0.939. The Bertz CT molecular complexity index is 1330. The van der Waals surface area contributed by atoms with Crippen LogP contribution in [0.15, 0.2) is 64.9 Å². The van der Waals surface area contributed by atoms with E-state index in [4.69, 9.17) is 4.74 Å². The number of carbonyl (C=O) groups is 1. The molecule has 0 spiro atoms. The van der Waals surface area contributed by atoms with E-state index in [1.807, 2.05) is 43.0 Å². The van der Waals surface area contributed by atoms with Crippen molar-refractivity contribution >= 4 is 27.3 Å². The number of amides is 1. The van der Waals surface area contributed by atoms with Gasteiger partial charge in [0, 0.05) is 18.0 Å². The number of fused-ring (bicyclic) bond motifs is 1. The molecular formula is C28H32N2O4S2. The first kappa shape index (κ1) is 25.0. The van der Waals surface area contributed by atoms with Crippen LogP contribution in [-0.2, 0) is 21.2 Å². The van der Waals surface area contributed by atoms with Crippen LogP contribution in [0.25, 0.3) is 0 Å². The average molecular weight is 525 g/mol. The summed E-state index contributed by atoms with van der Waals surface area (Å²) in [5, 5.41) is 2.06. The average Bonchev–Trinajstić information content (AvgIpc) is 3.55. The molecule has 0 N–H and O–H groups in total. The lowest BCUT2D eigenvalue weighted by molar-refractivity contribution is -0.135. The number of rotatable bonds is 9. The fraction of sp³-hybridized carbons (Fsp3) is 0.393. The molecule has 0 unspecified atom stereocenters. The van der Waals surface area contributed by atoms with Gasteiger partial charge in [0.15, 0.2) is 0 Å². The van der Waals surface area contributed by atoms with Crippen molar-refractivity contribution in [2.24, 2.45) is 5.92 Å². The minimum absolute atomic E-state index is 0.160. The maximum atomic E-state index is 13.7. The number of nitrogens with zero attached hydrogens (tertiary/aromatic N) is 2. The maximum Gasteiger partial charge on any atom is 0.243 e. The molecule has 1 atom stereocenters. The number of aryl methyl sites for hydroxylation is 2. The topological polar surface area (TPSA) is 66.9 Å². The third-order valence-electron chi connectivity index (χ3n) is 7.03. The van der Waals surface area contributed by atoms with E-state index in [2.05, 4.69) is 11.4 Å². The number of hydrogen-bond donors (Lipinski definition) is 0. The summed E-state index contributed by atoms with van der Waals surface area (Å²) in [5.41, 5.74) is 3.13. The molecule has 0 bridgehead atoms. The minimum Gasteiger partial charge on any atom is -0.491 e. The van der Waals surface area contributed by atoms with Gasteiger partial charge in [0.05, 0.1) is 17.5 Å². The van der Waals surface area contributed by atoms with Crippen LogP contribution in [0.5, 0.6) is 5.75 Å².